The van der Waals surface area contributed by atoms with Crippen LogP contribution < -0.4 is 10.1 Å². The van der Waals surface area contributed by atoms with Gasteiger partial charge in [-0.15, -0.1) is 0 Å². The summed E-state index contributed by atoms with van der Waals surface area (Å²) in [5, 5.41) is 3.58. The molecule has 2 aromatic carbocycles. The van der Waals surface area contributed by atoms with Crippen molar-refractivity contribution in [1.29, 1.82) is 0 Å². The molecule has 162 valence electrons. The third-order valence-corrected chi connectivity index (χ3v) is 5.47. The van der Waals surface area contributed by atoms with Crippen LogP contribution in [0, 0.1) is 0 Å². The molecule has 0 fully saturated rings. The second kappa shape index (κ2) is 11.2. The lowest BCUT2D eigenvalue weighted by Gasteiger charge is -2.30. The molecule has 0 saturated carbocycles. The van der Waals surface area contributed by atoms with Crippen molar-refractivity contribution >= 4 is 35.0 Å². The second-order valence-electron chi connectivity index (χ2n) is 7.28. The van der Waals surface area contributed by atoms with E-state index in [-0.39, 0.29) is 30.9 Å². The van der Waals surface area contributed by atoms with Crippen LogP contribution in [0.25, 0.3) is 0 Å². The Hall–Kier alpha value is -2.24. The first-order chi connectivity index (χ1) is 14.3. The van der Waals surface area contributed by atoms with Gasteiger partial charge in [-0.25, -0.2) is 0 Å². The first-order valence-electron chi connectivity index (χ1n) is 9.95. The predicted molar refractivity (Wildman–Crippen MR) is 121 cm³/mol. The average Bonchev–Trinajstić information content (AvgIpc) is 2.73. The number of ether oxygens (including phenoxy) is 1. The number of rotatable bonds is 9. The quantitative estimate of drug-likeness (QED) is 0.581. The molecule has 0 radical (unpaired) electrons. The summed E-state index contributed by atoms with van der Waals surface area (Å²) in [7, 11) is 1.55. The normalized spacial score (nSPS) is 11.8. The molecule has 0 aliphatic rings. The third-order valence-electron chi connectivity index (χ3n) is 4.88. The summed E-state index contributed by atoms with van der Waals surface area (Å²) in [5.41, 5.74) is 1.73. The number of amides is 2. The van der Waals surface area contributed by atoms with Gasteiger partial charge in [-0.3, -0.25) is 9.59 Å². The fourth-order valence-electron chi connectivity index (χ4n) is 3.23. The van der Waals surface area contributed by atoms with Crippen LogP contribution in [0.3, 0.4) is 0 Å². The van der Waals surface area contributed by atoms with Crippen molar-refractivity contribution < 1.29 is 14.3 Å². The number of carbonyl (C=O) groups is 2. The van der Waals surface area contributed by atoms with Gasteiger partial charge in [-0.1, -0.05) is 68.2 Å². The van der Waals surface area contributed by atoms with Crippen LogP contribution in [-0.2, 0) is 16.1 Å². The Morgan fingerprint density at radius 3 is 2.43 bits per heavy atom. The van der Waals surface area contributed by atoms with Crippen molar-refractivity contribution in [3.8, 4) is 5.75 Å². The number of halogens is 2. The summed E-state index contributed by atoms with van der Waals surface area (Å²) >= 11 is 12.3. The average molecular weight is 451 g/mol. The number of benzene rings is 2. The molecule has 0 aliphatic carbocycles. The summed E-state index contributed by atoms with van der Waals surface area (Å²) in [5.74, 6) is 0.390. The highest BCUT2D eigenvalue weighted by molar-refractivity contribution is 6.35. The topological polar surface area (TPSA) is 58.6 Å². The van der Waals surface area contributed by atoms with Crippen LogP contribution in [-0.4, -0.2) is 36.4 Å². The van der Waals surface area contributed by atoms with E-state index in [0.29, 0.717) is 27.8 Å². The lowest BCUT2D eigenvalue weighted by Crippen LogP contribution is -2.49. The van der Waals surface area contributed by atoms with E-state index < -0.39 is 6.04 Å². The minimum atomic E-state index is -0.641. The smallest absolute Gasteiger partial charge is 0.261 e. The van der Waals surface area contributed by atoms with Gasteiger partial charge in [0.1, 0.15) is 11.8 Å². The van der Waals surface area contributed by atoms with Crippen LogP contribution in [0.5, 0.6) is 5.75 Å². The fraction of sp³-hybridized carbons (Fsp3) is 0.391. The SMILES string of the molecule is CCC(C(=O)NC)N(Cc1ccc(Cl)cc1Cl)C(=O)COc1ccccc1C(C)C. The predicted octanol–water partition coefficient (Wildman–Crippen LogP) is 5.05. The summed E-state index contributed by atoms with van der Waals surface area (Å²) in [6.45, 7) is 5.99. The summed E-state index contributed by atoms with van der Waals surface area (Å²) in [6.07, 6.45) is 0.458. The maximum Gasteiger partial charge on any atom is 0.261 e. The van der Waals surface area contributed by atoms with Gasteiger partial charge in [0.2, 0.25) is 5.91 Å². The van der Waals surface area contributed by atoms with Crippen molar-refractivity contribution in [3.05, 3.63) is 63.6 Å². The third kappa shape index (κ3) is 6.13. The van der Waals surface area contributed by atoms with Crippen molar-refractivity contribution in [2.45, 2.75) is 45.7 Å². The van der Waals surface area contributed by atoms with Crippen molar-refractivity contribution in [1.82, 2.24) is 10.2 Å². The van der Waals surface area contributed by atoms with Gasteiger partial charge in [0.05, 0.1) is 0 Å². The van der Waals surface area contributed by atoms with E-state index in [1.807, 2.05) is 31.2 Å². The van der Waals surface area contributed by atoms with Gasteiger partial charge in [0.25, 0.3) is 5.91 Å². The molecule has 0 aliphatic heterocycles. The molecule has 2 amide bonds. The van der Waals surface area contributed by atoms with Gasteiger partial charge < -0.3 is 15.0 Å². The monoisotopic (exact) mass is 450 g/mol. The molecule has 2 rings (SSSR count). The van der Waals surface area contributed by atoms with Gasteiger partial charge in [-0.2, -0.15) is 0 Å². The molecule has 0 heterocycles. The summed E-state index contributed by atoms with van der Waals surface area (Å²) in [4.78, 5) is 27.1. The second-order valence-corrected chi connectivity index (χ2v) is 8.12. The zero-order valence-electron chi connectivity index (χ0n) is 17.7. The van der Waals surface area contributed by atoms with E-state index in [4.69, 9.17) is 27.9 Å². The highest BCUT2D eigenvalue weighted by Gasteiger charge is 2.29. The maximum atomic E-state index is 13.2. The Morgan fingerprint density at radius 2 is 1.83 bits per heavy atom. The largest absolute Gasteiger partial charge is 0.483 e. The van der Waals surface area contributed by atoms with Crippen molar-refractivity contribution in [3.63, 3.8) is 0 Å². The number of hydrogen-bond acceptors (Lipinski definition) is 3. The Labute approximate surface area is 188 Å². The minimum Gasteiger partial charge on any atom is -0.483 e. The zero-order chi connectivity index (χ0) is 22.3. The Balaban J connectivity index is 2.27. The first kappa shape index (κ1) is 24.0. The Bertz CT molecular complexity index is 887. The standard InChI is InChI=1S/C23H28Cl2N2O3/c1-5-20(23(29)26-4)27(13-16-10-11-17(24)12-19(16)25)22(28)14-30-21-9-7-6-8-18(21)15(2)3/h6-12,15,20H,5,13-14H2,1-4H3,(H,26,29). The summed E-state index contributed by atoms with van der Waals surface area (Å²) in [6, 6.07) is 12.1. The molecular weight excluding hydrogens is 423 g/mol. The first-order valence-corrected chi connectivity index (χ1v) is 10.7. The maximum absolute atomic E-state index is 13.2. The number of hydrogen-bond donors (Lipinski definition) is 1. The molecule has 1 unspecified atom stereocenters. The van der Waals surface area contributed by atoms with Crippen LogP contribution in [0.4, 0.5) is 0 Å². The van der Waals surface area contributed by atoms with Gasteiger partial charge in [0, 0.05) is 23.6 Å². The molecule has 0 saturated heterocycles. The minimum absolute atomic E-state index is 0.177. The Kier molecular flexibility index (Phi) is 9.00. The number of carbonyl (C=O) groups excluding carboxylic acids is 2. The molecule has 2 aromatic rings. The van der Waals surface area contributed by atoms with Gasteiger partial charge in [-0.05, 0) is 41.7 Å². The van der Waals surface area contributed by atoms with Gasteiger partial charge in [0.15, 0.2) is 6.61 Å². The van der Waals surface area contributed by atoms with E-state index in [2.05, 4.69) is 19.2 Å². The highest BCUT2D eigenvalue weighted by Crippen LogP contribution is 2.27. The van der Waals surface area contributed by atoms with Crippen LogP contribution in [0.1, 0.15) is 44.2 Å². The number of nitrogens with one attached hydrogen (secondary N) is 1. The van der Waals surface area contributed by atoms with E-state index in [0.717, 1.165) is 5.56 Å². The molecule has 7 heteroatoms. The van der Waals surface area contributed by atoms with Crippen molar-refractivity contribution in [2.75, 3.05) is 13.7 Å². The highest BCUT2D eigenvalue weighted by atomic mass is 35.5. The molecular formula is C23H28Cl2N2O3. The van der Waals surface area contributed by atoms with Gasteiger partial charge >= 0.3 is 0 Å². The zero-order valence-corrected chi connectivity index (χ0v) is 19.3. The van der Waals surface area contributed by atoms with E-state index >= 15 is 0 Å². The number of para-hydroxylation sites is 1. The lowest BCUT2D eigenvalue weighted by atomic mass is 10.0. The molecule has 0 bridgehead atoms. The van der Waals surface area contributed by atoms with E-state index in [1.54, 1.807) is 25.2 Å². The number of nitrogens with zero attached hydrogens (tertiary/aromatic N) is 1. The Morgan fingerprint density at radius 1 is 1.13 bits per heavy atom. The van der Waals surface area contributed by atoms with Crippen LogP contribution in [0.15, 0.2) is 42.5 Å². The lowest BCUT2D eigenvalue weighted by molar-refractivity contribution is -0.142. The van der Waals surface area contributed by atoms with E-state index in [1.165, 1.54) is 4.90 Å². The molecule has 0 spiro atoms. The fourth-order valence-corrected chi connectivity index (χ4v) is 3.70. The van der Waals surface area contributed by atoms with Crippen molar-refractivity contribution in [2.24, 2.45) is 0 Å². The molecule has 0 aromatic heterocycles. The number of likely N-dealkylation sites (N-methyl/N-ethyl adjacent to an activating group) is 1. The van der Waals surface area contributed by atoms with Crippen LogP contribution >= 0.6 is 23.2 Å². The molecule has 1 atom stereocenters. The van der Waals surface area contributed by atoms with Crippen LogP contribution in [0.2, 0.25) is 10.0 Å². The molecule has 5 nitrogen and oxygen atoms in total. The summed E-state index contributed by atoms with van der Waals surface area (Å²) < 4.78 is 5.86. The molecule has 1 N–H and O–H groups in total. The molecule has 30 heavy (non-hydrogen) atoms. The van der Waals surface area contributed by atoms with E-state index in [9.17, 15) is 9.59 Å².